The molecule has 0 spiro atoms. The van der Waals surface area contributed by atoms with Gasteiger partial charge >= 0.3 is 0 Å². The third-order valence-corrected chi connectivity index (χ3v) is 4.79. The van der Waals surface area contributed by atoms with E-state index in [-0.39, 0.29) is 6.23 Å². The van der Waals surface area contributed by atoms with Gasteiger partial charge in [-0.1, -0.05) is 86.6 Å². The highest BCUT2D eigenvalue weighted by Crippen LogP contribution is 2.41. The number of benzene rings is 3. The van der Waals surface area contributed by atoms with Crippen molar-refractivity contribution in [3.05, 3.63) is 108 Å². The van der Waals surface area contributed by atoms with Gasteiger partial charge in [-0.25, -0.2) is 0 Å². The third kappa shape index (κ3) is 3.11. The SMILES string of the molecule is CC(C)c1ccc(C2OC=C(c3ccccc3)N2c2ccccc2)cc1. The molecule has 3 aromatic carbocycles. The zero-order valence-corrected chi connectivity index (χ0v) is 15.2. The number of para-hydroxylation sites is 1. The van der Waals surface area contributed by atoms with Crippen molar-refractivity contribution >= 4 is 11.4 Å². The highest BCUT2D eigenvalue weighted by molar-refractivity contribution is 5.81. The summed E-state index contributed by atoms with van der Waals surface area (Å²) in [6.45, 7) is 4.43. The molecular formula is C24H23NO. The highest BCUT2D eigenvalue weighted by atomic mass is 16.5. The van der Waals surface area contributed by atoms with Crippen molar-refractivity contribution in [1.29, 1.82) is 0 Å². The van der Waals surface area contributed by atoms with Crippen LogP contribution in [-0.2, 0) is 4.74 Å². The largest absolute Gasteiger partial charge is 0.471 e. The minimum absolute atomic E-state index is 0.159. The molecule has 0 saturated heterocycles. The molecule has 3 aromatic rings. The number of rotatable bonds is 4. The monoisotopic (exact) mass is 341 g/mol. The first-order valence-corrected chi connectivity index (χ1v) is 9.09. The molecule has 0 bridgehead atoms. The van der Waals surface area contributed by atoms with Crippen molar-refractivity contribution in [2.24, 2.45) is 0 Å². The van der Waals surface area contributed by atoms with Gasteiger partial charge in [-0.3, -0.25) is 4.90 Å². The molecule has 4 rings (SSSR count). The lowest BCUT2D eigenvalue weighted by Gasteiger charge is -2.28. The standard InChI is InChI=1S/C24H23NO/c1-18(2)19-13-15-21(16-14-19)24-25(22-11-7-4-8-12-22)23(17-26-24)20-9-5-3-6-10-20/h3-18,24H,1-2H3. The quantitative estimate of drug-likeness (QED) is 0.548. The summed E-state index contributed by atoms with van der Waals surface area (Å²) in [7, 11) is 0. The summed E-state index contributed by atoms with van der Waals surface area (Å²) in [5.74, 6) is 0.525. The summed E-state index contributed by atoms with van der Waals surface area (Å²) in [6.07, 6.45) is 1.72. The molecule has 0 aromatic heterocycles. The van der Waals surface area contributed by atoms with Crippen LogP contribution < -0.4 is 4.90 Å². The number of anilines is 1. The van der Waals surface area contributed by atoms with E-state index in [2.05, 4.69) is 91.5 Å². The Morgan fingerprint density at radius 2 is 1.38 bits per heavy atom. The van der Waals surface area contributed by atoms with Crippen LogP contribution in [0, 0.1) is 0 Å². The number of nitrogens with zero attached hydrogens (tertiary/aromatic N) is 1. The van der Waals surface area contributed by atoms with E-state index < -0.39 is 0 Å². The van der Waals surface area contributed by atoms with Crippen molar-refractivity contribution in [1.82, 2.24) is 0 Å². The van der Waals surface area contributed by atoms with E-state index in [1.54, 1.807) is 0 Å². The topological polar surface area (TPSA) is 12.5 Å². The first-order valence-electron chi connectivity index (χ1n) is 9.09. The van der Waals surface area contributed by atoms with Crippen molar-refractivity contribution in [2.45, 2.75) is 26.0 Å². The summed E-state index contributed by atoms with van der Waals surface area (Å²) in [4.78, 5) is 2.26. The molecule has 0 aliphatic carbocycles. The summed E-state index contributed by atoms with van der Waals surface area (Å²) in [5.41, 5.74) is 5.85. The van der Waals surface area contributed by atoms with Crippen LogP contribution in [0.1, 0.15) is 42.7 Å². The lowest BCUT2D eigenvalue weighted by molar-refractivity contribution is 0.174. The summed E-state index contributed by atoms with van der Waals surface area (Å²) >= 11 is 0. The lowest BCUT2D eigenvalue weighted by Crippen LogP contribution is -2.23. The second-order valence-electron chi connectivity index (χ2n) is 6.88. The molecule has 1 heterocycles. The van der Waals surface area contributed by atoms with Crippen molar-refractivity contribution < 1.29 is 4.74 Å². The molecule has 2 heteroatoms. The summed E-state index contributed by atoms with van der Waals surface area (Å²) in [5, 5.41) is 0. The van der Waals surface area contributed by atoms with Crippen LogP contribution in [-0.4, -0.2) is 0 Å². The molecule has 1 aliphatic rings. The molecular weight excluding hydrogens is 318 g/mol. The van der Waals surface area contributed by atoms with Gasteiger partial charge in [0.25, 0.3) is 0 Å². The fourth-order valence-corrected chi connectivity index (χ4v) is 3.33. The Kier molecular flexibility index (Phi) is 4.49. The van der Waals surface area contributed by atoms with E-state index in [0.717, 1.165) is 22.5 Å². The maximum atomic E-state index is 6.14. The van der Waals surface area contributed by atoms with Crippen LogP contribution in [0.15, 0.2) is 91.2 Å². The van der Waals surface area contributed by atoms with E-state index in [1.807, 2.05) is 18.4 Å². The number of ether oxygens (including phenoxy) is 1. The molecule has 26 heavy (non-hydrogen) atoms. The van der Waals surface area contributed by atoms with Gasteiger partial charge in [-0.15, -0.1) is 0 Å². The third-order valence-electron chi connectivity index (χ3n) is 4.79. The Morgan fingerprint density at radius 1 is 0.769 bits per heavy atom. The second-order valence-corrected chi connectivity index (χ2v) is 6.88. The number of hydrogen-bond acceptors (Lipinski definition) is 2. The average molecular weight is 341 g/mol. The summed E-state index contributed by atoms with van der Waals surface area (Å²) in [6, 6.07) is 29.6. The molecule has 0 radical (unpaired) electrons. The normalized spacial score (nSPS) is 16.5. The Bertz CT molecular complexity index is 883. The first-order chi connectivity index (χ1) is 12.7. The molecule has 130 valence electrons. The van der Waals surface area contributed by atoms with Crippen molar-refractivity contribution in [2.75, 3.05) is 4.90 Å². The fraction of sp³-hybridized carbons (Fsp3) is 0.167. The van der Waals surface area contributed by atoms with E-state index >= 15 is 0 Å². The maximum absolute atomic E-state index is 6.14. The van der Waals surface area contributed by atoms with Crippen LogP contribution in [0.4, 0.5) is 5.69 Å². The van der Waals surface area contributed by atoms with Crippen LogP contribution in [0.25, 0.3) is 5.70 Å². The Hall–Kier alpha value is -3.00. The summed E-state index contributed by atoms with van der Waals surface area (Å²) < 4.78 is 6.14. The van der Waals surface area contributed by atoms with Gasteiger partial charge < -0.3 is 4.74 Å². The predicted octanol–water partition coefficient (Wildman–Crippen LogP) is 6.34. The lowest BCUT2D eigenvalue weighted by atomic mass is 10.0. The Balaban J connectivity index is 1.73. The minimum Gasteiger partial charge on any atom is -0.471 e. The zero-order chi connectivity index (χ0) is 17.9. The van der Waals surface area contributed by atoms with Gasteiger partial charge in [0.05, 0.1) is 5.70 Å². The molecule has 0 N–H and O–H groups in total. The van der Waals surface area contributed by atoms with Crippen LogP contribution in [0.3, 0.4) is 0 Å². The predicted molar refractivity (Wildman–Crippen MR) is 108 cm³/mol. The van der Waals surface area contributed by atoms with Crippen LogP contribution in [0.2, 0.25) is 0 Å². The van der Waals surface area contributed by atoms with E-state index in [9.17, 15) is 0 Å². The number of hydrogen-bond donors (Lipinski definition) is 0. The first kappa shape index (κ1) is 16.5. The van der Waals surface area contributed by atoms with Crippen LogP contribution in [0.5, 0.6) is 0 Å². The van der Waals surface area contributed by atoms with Gasteiger partial charge in [-0.2, -0.15) is 0 Å². The van der Waals surface area contributed by atoms with Gasteiger partial charge in [0, 0.05) is 16.8 Å². The van der Waals surface area contributed by atoms with Crippen LogP contribution >= 0.6 is 0 Å². The van der Waals surface area contributed by atoms with Gasteiger partial charge in [0.2, 0.25) is 6.23 Å². The molecule has 1 atom stereocenters. The zero-order valence-electron chi connectivity index (χ0n) is 15.2. The van der Waals surface area contributed by atoms with Gasteiger partial charge in [0.1, 0.15) is 6.26 Å². The van der Waals surface area contributed by atoms with E-state index in [4.69, 9.17) is 4.74 Å². The molecule has 1 unspecified atom stereocenters. The van der Waals surface area contributed by atoms with Crippen molar-refractivity contribution in [3.8, 4) is 0 Å². The van der Waals surface area contributed by atoms with E-state index in [1.165, 1.54) is 5.56 Å². The molecule has 0 fully saturated rings. The maximum Gasteiger partial charge on any atom is 0.202 e. The molecule has 2 nitrogen and oxygen atoms in total. The fourth-order valence-electron chi connectivity index (χ4n) is 3.33. The molecule has 1 aliphatic heterocycles. The molecule has 0 saturated carbocycles. The smallest absolute Gasteiger partial charge is 0.202 e. The van der Waals surface area contributed by atoms with E-state index in [0.29, 0.717) is 5.92 Å². The van der Waals surface area contributed by atoms with Crippen molar-refractivity contribution in [3.63, 3.8) is 0 Å². The average Bonchev–Trinajstić information content (AvgIpc) is 3.14. The van der Waals surface area contributed by atoms with Gasteiger partial charge in [0.15, 0.2) is 0 Å². The molecule has 0 amide bonds. The minimum atomic E-state index is -0.159. The Labute approximate surface area is 155 Å². The second kappa shape index (κ2) is 7.09. The highest BCUT2D eigenvalue weighted by Gasteiger charge is 2.31. The van der Waals surface area contributed by atoms with Gasteiger partial charge in [-0.05, 0) is 23.6 Å². The Morgan fingerprint density at radius 3 is 2.00 bits per heavy atom.